The molecule has 24 heavy (non-hydrogen) atoms. The van der Waals surface area contributed by atoms with E-state index < -0.39 is 0 Å². The van der Waals surface area contributed by atoms with Crippen molar-refractivity contribution < 1.29 is 14.3 Å². The van der Waals surface area contributed by atoms with Crippen molar-refractivity contribution in [1.82, 2.24) is 10.2 Å². The molecule has 0 aromatic heterocycles. The van der Waals surface area contributed by atoms with Gasteiger partial charge in [-0.15, -0.1) is 0 Å². The Balaban J connectivity index is 2.66. The Hall–Kier alpha value is -1.72. The summed E-state index contributed by atoms with van der Waals surface area (Å²) in [7, 11) is 1.56. The van der Waals surface area contributed by atoms with E-state index in [1.165, 1.54) is 6.08 Å². The second-order valence-electron chi connectivity index (χ2n) is 5.12. The van der Waals surface area contributed by atoms with Crippen LogP contribution in [0.1, 0.15) is 26.3 Å². The lowest BCUT2D eigenvalue weighted by Crippen LogP contribution is -2.34. The van der Waals surface area contributed by atoms with Crippen LogP contribution in [0.4, 0.5) is 0 Å². The number of likely N-dealkylation sites (N-methyl/N-ethyl adjacent to an activating group) is 1. The van der Waals surface area contributed by atoms with Crippen LogP contribution < -0.4 is 14.8 Å². The summed E-state index contributed by atoms with van der Waals surface area (Å²) in [5, 5.41) is 3.33. The minimum absolute atomic E-state index is 0.133. The average molecular weight is 355 g/mol. The van der Waals surface area contributed by atoms with E-state index in [0.29, 0.717) is 29.7 Å². The second-order valence-corrected chi connectivity index (χ2v) is 5.53. The third-order valence-corrected chi connectivity index (χ3v) is 3.87. The molecular formula is C18H27ClN2O3. The highest BCUT2D eigenvalue weighted by atomic mass is 35.5. The number of methoxy groups -OCH3 is 1. The van der Waals surface area contributed by atoms with E-state index >= 15 is 0 Å². The molecule has 0 aliphatic carbocycles. The van der Waals surface area contributed by atoms with Crippen molar-refractivity contribution in [3.63, 3.8) is 0 Å². The molecule has 0 saturated carbocycles. The lowest BCUT2D eigenvalue weighted by atomic mass is 10.2. The zero-order valence-corrected chi connectivity index (χ0v) is 15.7. The normalized spacial score (nSPS) is 11.1. The largest absolute Gasteiger partial charge is 0.493 e. The summed E-state index contributed by atoms with van der Waals surface area (Å²) in [5.41, 5.74) is 0.777. The van der Waals surface area contributed by atoms with Gasteiger partial charge in [0.15, 0.2) is 11.5 Å². The van der Waals surface area contributed by atoms with Crippen LogP contribution in [0.2, 0.25) is 5.02 Å². The van der Waals surface area contributed by atoms with Crippen molar-refractivity contribution >= 4 is 23.6 Å². The quantitative estimate of drug-likeness (QED) is 0.655. The minimum atomic E-state index is -0.133. The molecule has 134 valence electrons. The maximum atomic E-state index is 11.9. The predicted octanol–water partition coefficient (Wildman–Crippen LogP) is 3.22. The van der Waals surface area contributed by atoms with Crippen LogP contribution in [-0.2, 0) is 4.79 Å². The Labute approximate surface area is 149 Å². The van der Waals surface area contributed by atoms with E-state index in [1.54, 1.807) is 25.3 Å². The molecule has 1 aromatic carbocycles. The van der Waals surface area contributed by atoms with Crippen LogP contribution in [-0.4, -0.2) is 50.7 Å². The van der Waals surface area contributed by atoms with Crippen molar-refractivity contribution in [2.45, 2.75) is 20.8 Å². The number of carbonyl (C=O) groups is 1. The van der Waals surface area contributed by atoms with Gasteiger partial charge in [0.2, 0.25) is 5.91 Å². The zero-order chi connectivity index (χ0) is 17.9. The summed E-state index contributed by atoms with van der Waals surface area (Å²) in [6, 6.07) is 3.53. The third kappa shape index (κ3) is 6.42. The van der Waals surface area contributed by atoms with Gasteiger partial charge in [0, 0.05) is 19.2 Å². The van der Waals surface area contributed by atoms with Crippen molar-refractivity contribution in [3.05, 3.63) is 28.8 Å². The van der Waals surface area contributed by atoms with Gasteiger partial charge in [0.05, 0.1) is 18.7 Å². The number of hydrogen-bond acceptors (Lipinski definition) is 4. The summed E-state index contributed by atoms with van der Waals surface area (Å²) < 4.78 is 10.8. The average Bonchev–Trinajstić information content (AvgIpc) is 2.58. The maximum Gasteiger partial charge on any atom is 0.244 e. The van der Waals surface area contributed by atoms with E-state index in [9.17, 15) is 4.79 Å². The lowest BCUT2D eigenvalue weighted by Gasteiger charge is -2.17. The summed E-state index contributed by atoms with van der Waals surface area (Å²) >= 11 is 6.21. The highest BCUT2D eigenvalue weighted by Gasteiger charge is 2.10. The highest BCUT2D eigenvalue weighted by Crippen LogP contribution is 2.36. The topological polar surface area (TPSA) is 50.8 Å². The van der Waals surface area contributed by atoms with Gasteiger partial charge in [-0.05, 0) is 43.8 Å². The monoisotopic (exact) mass is 354 g/mol. The van der Waals surface area contributed by atoms with Gasteiger partial charge in [-0.1, -0.05) is 25.4 Å². The van der Waals surface area contributed by atoms with E-state index in [2.05, 4.69) is 24.1 Å². The molecule has 0 aliphatic rings. The van der Waals surface area contributed by atoms with Gasteiger partial charge in [0.1, 0.15) is 0 Å². The second kappa shape index (κ2) is 10.9. The van der Waals surface area contributed by atoms with Gasteiger partial charge in [-0.25, -0.2) is 0 Å². The SMILES string of the molecule is CCOc1c(Cl)cc(/C=C/C(=O)NCCN(CC)CC)cc1OC. The van der Waals surface area contributed by atoms with Gasteiger partial charge >= 0.3 is 0 Å². The van der Waals surface area contributed by atoms with Crippen LogP contribution in [0, 0.1) is 0 Å². The van der Waals surface area contributed by atoms with Gasteiger partial charge < -0.3 is 19.7 Å². The number of rotatable bonds is 10. The van der Waals surface area contributed by atoms with E-state index in [0.717, 1.165) is 25.2 Å². The van der Waals surface area contributed by atoms with Crippen LogP contribution >= 0.6 is 11.6 Å². The maximum absolute atomic E-state index is 11.9. The molecule has 1 N–H and O–H groups in total. The van der Waals surface area contributed by atoms with Crippen molar-refractivity contribution in [2.24, 2.45) is 0 Å². The van der Waals surface area contributed by atoms with E-state index in [4.69, 9.17) is 21.1 Å². The Morgan fingerprint density at radius 1 is 1.29 bits per heavy atom. The molecule has 0 aliphatic heterocycles. The molecule has 1 aromatic rings. The number of halogens is 1. The molecule has 0 heterocycles. The lowest BCUT2D eigenvalue weighted by molar-refractivity contribution is -0.116. The van der Waals surface area contributed by atoms with E-state index in [-0.39, 0.29) is 5.91 Å². The first-order valence-electron chi connectivity index (χ1n) is 8.24. The Morgan fingerprint density at radius 2 is 2.00 bits per heavy atom. The molecule has 1 rings (SSSR count). The van der Waals surface area contributed by atoms with E-state index in [1.807, 2.05) is 6.92 Å². The third-order valence-electron chi connectivity index (χ3n) is 3.59. The molecule has 0 bridgehead atoms. The van der Waals surface area contributed by atoms with Crippen LogP contribution in [0.3, 0.4) is 0 Å². The summed E-state index contributed by atoms with van der Waals surface area (Å²) in [6.07, 6.45) is 3.20. The van der Waals surface area contributed by atoms with Gasteiger partial charge in [-0.3, -0.25) is 4.79 Å². The number of benzene rings is 1. The fraction of sp³-hybridized carbons (Fsp3) is 0.500. The van der Waals surface area contributed by atoms with Crippen molar-refractivity contribution in [2.75, 3.05) is 39.9 Å². The molecule has 0 fully saturated rings. The number of ether oxygens (including phenoxy) is 2. The fourth-order valence-corrected chi connectivity index (χ4v) is 2.50. The molecule has 0 unspecified atom stereocenters. The number of nitrogens with one attached hydrogen (secondary N) is 1. The number of carbonyl (C=O) groups excluding carboxylic acids is 1. The molecular weight excluding hydrogens is 328 g/mol. The smallest absolute Gasteiger partial charge is 0.244 e. The van der Waals surface area contributed by atoms with Gasteiger partial charge in [-0.2, -0.15) is 0 Å². The summed E-state index contributed by atoms with van der Waals surface area (Å²) in [4.78, 5) is 14.1. The molecule has 5 nitrogen and oxygen atoms in total. The van der Waals surface area contributed by atoms with Crippen LogP contribution in [0.15, 0.2) is 18.2 Å². The van der Waals surface area contributed by atoms with Gasteiger partial charge in [0.25, 0.3) is 0 Å². The molecule has 0 saturated heterocycles. The highest BCUT2D eigenvalue weighted by molar-refractivity contribution is 6.32. The minimum Gasteiger partial charge on any atom is -0.493 e. The standard InChI is InChI=1S/C18H27ClN2O3/c1-5-21(6-2)11-10-20-17(22)9-8-14-12-15(19)18(24-7-3)16(13-14)23-4/h8-9,12-13H,5-7,10-11H2,1-4H3,(H,20,22)/b9-8+. The Morgan fingerprint density at radius 3 is 2.58 bits per heavy atom. The molecule has 0 atom stereocenters. The first-order valence-corrected chi connectivity index (χ1v) is 8.62. The zero-order valence-electron chi connectivity index (χ0n) is 14.9. The number of hydrogen-bond donors (Lipinski definition) is 1. The Kier molecular flexibility index (Phi) is 9.27. The molecule has 0 spiro atoms. The van der Waals surface area contributed by atoms with Crippen molar-refractivity contribution in [1.29, 1.82) is 0 Å². The number of amides is 1. The molecule has 1 amide bonds. The molecule has 6 heteroatoms. The number of nitrogens with zero attached hydrogens (tertiary/aromatic N) is 1. The summed E-state index contributed by atoms with van der Waals surface area (Å²) in [6.45, 7) is 10.0. The first-order chi connectivity index (χ1) is 11.5. The molecule has 0 radical (unpaired) electrons. The van der Waals surface area contributed by atoms with Crippen LogP contribution in [0.25, 0.3) is 6.08 Å². The fourth-order valence-electron chi connectivity index (χ4n) is 2.23. The summed E-state index contributed by atoms with van der Waals surface area (Å²) in [5.74, 6) is 0.930. The Bertz CT molecular complexity index is 557. The predicted molar refractivity (Wildman–Crippen MR) is 99.0 cm³/mol. The first kappa shape index (κ1) is 20.3. The van der Waals surface area contributed by atoms with Crippen LogP contribution in [0.5, 0.6) is 11.5 Å². The van der Waals surface area contributed by atoms with Crippen molar-refractivity contribution in [3.8, 4) is 11.5 Å².